The van der Waals surface area contributed by atoms with Crippen molar-refractivity contribution in [3.05, 3.63) is 0 Å². The van der Waals surface area contributed by atoms with Gasteiger partial charge in [-0.1, -0.05) is 13.8 Å². The molecule has 0 radical (unpaired) electrons. The van der Waals surface area contributed by atoms with Crippen LogP contribution in [0, 0.1) is 17.3 Å². The lowest BCUT2D eigenvalue weighted by Crippen LogP contribution is -2.28. The van der Waals surface area contributed by atoms with E-state index in [1.54, 1.807) is 0 Å². The number of rotatable bonds is 0. The van der Waals surface area contributed by atoms with Crippen LogP contribution in [0.15, 0.2) is 0 Å². The number of ketones is 2. The Morgan fingerprint density at radius 3 is 2.09 bits per heavy atom. The lowest BCUT2D eigenvalue weighted by atomic mass is 9.98. The number of fused-ring (bicyclic) bond motifs is 1. The summed E-state index contributed by atoms with van der Waals surface area (Å²) >= 11 is 0. The summed E-state index contributed by atoms with van der Waals surface area (Å²) < 4.78 is 0. The van der Waals surface area contributed by atoms with Crippen LogP contribution in [0.3, 0.4) is 0 Å². The van der Waals surface area contributed by atoms with E-state index in [0.717, 1.165) is 0 Å². The van der Waals surface area contributed by atoms with E-state index >= 15 is 0 Å². The molecule has 0 spiro atoms. The zero-order valence-corrected chi connectivity index (χ0v) is 6.50. The molecule has 2 saturated carbocycles. The average molecular weight is 154 g/mol. The molecule has 3 nitrogen and oxygen atoms in total. The summed E-state index contributed by atoms with van der Waals surface area (Å²) in [5, 5.41) is 9.24. The van der Waals surface area contributed by atoms with Crippen molar-refractivity contribution in [1.29, 1.82) is 0 Å². The molecule has 0 aliphatic heterocycles. The van der Waals surface area contributed by atoms with E-state index in [9.17, 15) is 14.7 Å². The largest absolute Gasteiger partial charge is 0.384 e. The first-order valence-electron chi connectivity index (χ1n) is 3.74. The van der Waals surface area contributed by atoms with Crippen LogP contribution in [0.2, 0.25) is 0 Å². The normalized spacial score (nSPS) is 45.9. The SMILES string of the molecule is CC1(C)[C@@H]2C(=O)C(=O)C(O)[C@@H]21. The Morgan fingerprint density at radius 2 is 1.82 bits per heavy atom. The van der Waals surface area contributed by atoms with Crippen molar-refractivity contribution in [3.8, 4) is 0 Å². The van der Waals surface area contributed by atoms with Crippen LogP contribution in [-0.4, -0.2) is 22.8 Å². The topological polar surface area (TPSA) is 54.4 Å². The van der Waals surface area contributed by atoms with Gasteiger partial charge in [-0.2, -0.15) is 0 Å². The van der Waals surface area contributed by atoms with E-state index < -0.39 is 11.9 Å². The van der Waals surface area contributed by atoms with E-state index in [-0.39, 0.29) is 23.0 Å². The van der Waals surface area contributed by atoms with Gasteiger partial charge in [-0.05, 0) is 5.41 Å². The second kappa shape index (κ2) is 1.55. The Balaban J connectivity index is 2.34. The molecule has 2 fully saturated rings. The van der Waals surface area contributed by atoms with Gasteiger partial charge in [-0.25, -0.2) is 0 Å². The van der Waals surface area contributed by atoms with Gasteiger partial charge >= 0.3 is 0 Å². The van der Waals surface area contributed by atoms with Crippen molar-refractivity contribution >= 4 is 11.6 Å². The number of carbonyl (C=O) groups excluding carboxylic acids is 2. The Labute approximate surface area is 64.4 Å². The molecule has 0 aromatic rings. The predicted octanol–water partition coefficient (Wildman–Crippen LogP) is -0.229. The molecule has 1 N–H and O–H groups in total. The fourth-order valence-electron chi connectivity index (χ4n) is 2.23. The molecule has 0 saturated heterocycles. The number of aliphatic hydroxyl groups is 1. The molecular formula is C8H10O3. The van der Waals surface area contributed by atoms with E-state index in [4.69, 9.17) is 0 Å². The quantitative estimate of drug-likeness (QED) is 0.490. The number of carbonyl (C=O) groups is 2. The van der Waals surface area contributed by atoms with Crippen molar-refractivity contribution in [2.45, 2.75) is 20.0 Å². The summed E-state index contributed by atoms with van der Waals surface area (Å²) in [6.07, 6.45) is -1.01. The standard InChI is InChI=1S/C8H10O3/c1-8(2)3-4(8)6(10)7(11)5(3)9/h3-5,9H,1-2H3/t3-,4+,5?/m1/s1. The average Bonchev–Trinajstić information content (AvgIpc) is 2.39. The van der Waals surface area contributed by atoms with Gasteiger partial charge < -0.3 is 5.11 Å². The fraction of sp³-hybridized carbons (Fsp3) is 0.750. The maximum atomic E-state index is 11.1. The molecule has 0 bridgehead atoms. The zero-order chi connectivity index (χ0) is 8.39. The fourth-order valence-corrected chi connectivity index (χ4v) is 2.23. The van der Waals surface area contributed by atoms with Gasteiger partial charge in [0.05, 0.1) is 0 Å². The highest BCUT2D eigenvalue weighted by atomic mass is 16.3. The van der Waals surface area contributed by atoms with Gasteiger partial charge in [-0.3, -0.25) is 9.59 Å². The van der Waals surface area contributed by atoms with Gasteiger partial charge in [0, 0.05) is 11.8 Å². The molecule has 3 atom stereocenters. The highest BCUT2D eigenvalue weighted by Gasteiger charge is 2.72. The van der Waals surface area contributed by atoms with Crippen molar-refractivity contribution < 1.29 is 14.7 Å². The van der Waals surface area contributed by atoms with Crippen molar-refractivity contribution in [2.75, 3.05) is 0 Å². The highest BCUT2D eigenvalue weighted by Crippen LogP contribution is 2.63. The summed E-state index contributed by atoms with van der Waals surface area (Å²) in [7, 11) is 0. The first kappa shape index (κ1) is 6.98. The molecule has 2 aliphatic carbocycles. The minimum absolute atomic E-state index is 0.0949. The third-order valence-corrected chi connectivity index (χ3v) is 3.04. The molecule has 3 heteroatoms. The molecule has 0 aromatic heterocycles. The van der Waals surface area contributed by atoms with Crippen molar-refractivity contribution in [3.63, 3.8) is 0 Å². The van der Waals surface area contributed by atoms with E-state index in [1.807, 2.05) is 13.8 Å². The second-order valence-corrected chi connectivity index (χ2v) is 4.00. The van der Waals surface area contributed by atoms with Crippen LogP contribution in [0.4, 0.5) is 0 Å². The highest BCUT2D eigenvalue weighted by molar-refractivity contribution is 6.43. The molecule has 1 unspecified atom stereocenters. The zero-order valence-electron chi connectivity index (χ0n) is 6.50. The smallest absolute Gasteiger partial charge is 0.227 e. The Morgan fingerprint density at radius 1 is 1.27 bits per heavy atom. The minimum Gasteiger partial charge on any atom is -0.384 e. The minimum atomic E-state index is -1.01. The Bertz CT molecular complexity index is 254. The van der Waals surface area contributed by atoms with Crippen LogP contribution >= 0.6 is 0 Å². The lowest BCUT2D eigenvalue weighted by molar-refractivity contribution is -0.140. The van der Waals surface area contributed by atoms with E-state index in [0.29, 0.717) is 0 Å². The van der Waals surface area contributed by atoms with Crippen molar-refractivity contribution in [2.24, 2.45) is 17.3 Å². The van der Waals surface area contributed by atoms with E-state index in [2.05, 4.69) is 0 Å². The van der Waals surface area contributed by atoms with Gasteiger partial charge in [0.1, 0.15) is 6.10 Å². The predicted molar refractivity (Wildman–Crippen MR) is 36.8 cm³/mol. The van der Waals surface area contributed by atoms with Gasteiger partial charge in [0.15, 0.2) is 0 Å². The third kappa shape index (κ3) is 0.577. The monoisotopic (exact) mass is 154 g/mol. The summed E-state index contributed by atoms with van der Waals surface area (Å²) in [5.41, 5.74) is -0.135. The van der Waals surface area contributed by atoms with Gasteiger partial charge in [0.25, 0.3) is 0 Å². The first-order valence-corrected chi connectivity index (χ1v) is 3.74. The number of hydrogen-bond acceptors (Lipinski definition) is 3. The first-order chi connectivity index (χ1) is 4.98. The summed E-state index contributed by atoms with van der Waals surface area (Å²) in [6, 6.07) is 0. The van der Waals surface area contributed by atoms with Gasteiger partial charge in [-0.15, -0.1) is 0 Å². The Hall–Kier alpha value is -0.700. The number of hydrogen-bond donors (Lipinski definition) is 1. The molecule has 0 amide bonds. The van der Waals surface area contributed by atoms with Gasteiger partial charge in [0.2, 0.25) is 11.6 Å². The third-order valence-electron chi connectivity index (χ3n) is 3.04. The summed E-state index contributed by atoms with van der Waals surface area (Å²) in [6.45, 7) is 3.83. The molecule has 60 valence electrons. The summed E-state index contributed by atoms with van der Waals surface area (Å²) in [4.78, 5) is 21.9. The van der Waals surface area contributed by atoms with Crippen LogP contribution in [0.5, 0.6) is 0 Å². The van der Waals surface area contributed by atoms with Crippen LogP contribution in [0.1, 0.15) is 13.8 Å². The number of aliphatic hydroxyl groups excluding tert-OH is 1. The second-order valence-electron chi connectivity index (χ2n) is 4.00. The van der Waals surface area contributed by atoms with Crippen LogP contribution < -0.4 is 0 Å². The van der Waals surface area contributed by atoms with Crippen LogP contribution in [0.25, 0.3) is 0 Å². The maximum Gasteiger partial charge on any atom is 0.227 e. The summed E-state index contributed by atoms with van der Waals surface area (Å²) in [5.74, 6) is -1.24. The molecule has 11 heavy (non-hydrogen) atoms. The lowest BCUT2D eigenvalue weighted by Gasteiger charge is -2.09. The molecule has 0 heterocycles. The van der Waals surface area contributed by atoms with E-state index in [1.165, 1.54) is 0 Å². The molecular weight excluding hydrogens is 144 g/mol. The maximum absolute atomic E-state index is 11.1. The molecule has 2 aliphatic rings. The molecule has 0 aromatic carbocycles. The molecule has 2 rings (SSSR count). The Kier molecular flexibility index (Phi) is 0.986. The van der Waals surface area contributed by atoms with Crippen LogP contribution in [-0.2, 0) is 9.59 Å². The van der Waals surface area contributed by atoms with Crippen molar-refractivity contribution in [1.82, 2.24) is 0 Å². The number of Topliss-reactive ketones (excluding diaryl/α,β-unsaturated/α-hetero) is 2.